The fourth-order valence-corrected chi connectivity index (χ4v) is 4.47. The van der Waals surface area contributed by atoms with Gasteiger partial charge in [-0.15, -0.1) is 11.3 Å². The van der Waals surface area contributed by atoms with Gasteiger partial charge in [0.15, 0.2) is 0 Å². The molecule has 4 nitrogen and oxygen atoms in total. The molecule has 2 aliphatic carbocycles. The Morgan fingerprint density at radius 2 is 1.92 bits per heavy atom. The molecule has 2 aromatic rings. The zero-order valence-electron chi connectivity index (χ0n) is 14.4. The fraction of sp³-hybridized carbons (Fsp3) is 0.400. The lowest BCUT2D eigenvalue weighted by atomic mass is 10.1. The Morgan fingerprint density at radius 1 is 1.12 bits per heavy atom. The number of carbonyl (C=O) groups is 2. The summed E-state index contributed by atoms with van der Waals surface area (Å²) in [5, 5.41) is 1.88. The number of hydrogen-bond acceptors (Lipinski definition) is 3. The summed E-state index contributed by atoms with van der Waals surface area (Å²) in [6, 6.07) is 12.6. The molecule has 1 fully saturated rings. The number of nitrogens with zero attached hydrogens (tertiary/aromatic N) is 2. The maximum Gasteiger partial charge on any atom is 0.264 e. The molecule has 0 saturated heterocycles. The topological polar surface area (TPSA) is 40.6 Å². The van der Waals surface area contributed by atoms with Crippen molar-refractivity contribution in [2.75, 3.05) is 13.6 Å². The molecule has 2 aliphatic rings. The molecule has 0 bridgehead atoms. The lowest BCUT2D eigenvalue weighted by Crippen LogP contribution is -2.43. The summed E-state index contributed by atoms with van der Waals surface area (Å²) in [4.78, 5) is 29.8. The summed E-state index contributed by atoms with van der Waals surface area (Å²) >= 11 is 1.41. The quantitative estimate of drug-likeness (QED) is 0.824. The van der Waals surface area contributed by atoms with Crippen molar-refractivity contribution in [1.29, 1.82) is 0 Å². The molecule has 1 aromatic carbocycles. The minimum absolute atomic E-state index is 0.0663. The van der Waals surface area contributed by atoms with Gasteiger partial charge in [0, 0.05) is 13.1 Å². The summed E-state index contributed by atoms with van der Waals surface area (Å²) in [6.07, 6.45) is 4.17. The fourth-order valence-electron chi connectivity index (χ4n) is 3.75. The Hall–Kier alpha value is -2.14. The zero-order chi connectivity index (χ0) is 17.4. The molecule has 1 aromatic heterocycles. The second-order valence-corrected chi connectivity index (χ2v) is 7.87. The van der Waals surface area contributed by atoms with E-state index in [0.29, 0.717) is 10.9 Å². The van der Waals surface area contributed by atoms with E-state index in [0.717, 1.165) is 25.7 Å². The molecular formula is C20H22N2O2S. The number of aryl methyl sites for hydroxylation is 1. The van der Waals surface area contributed by atoms with E-state index in [2.05, 4.69) is 29.2 Å². The first-order chi connectivity index (χ1) is 12.1. The predicted molar refractivity (Wildman–Crippen MR) is 98.7 cm³/mol. The van der Waals surface area contributed by atoms with Crippen molar-refractivity contribution in [2.24, 2.45) is 0 Å². The summed E-state index contributed by atoms with van der Waals surface area (Å²) in [7, 11) is 1.72. The highest BCUT2D eigenvalue weighted by Crippen LogP contribution is 2.41. The van der Waals surface area contributed by atoms with Crippen LogP contribution in [0.25, 0.3) is 0 Å². The van der Waals surface area contributed by atoms with E-state index < -0.39 is 0 Å². The van der Waals surface area contributed by atoms with Crippen molar-refractivity contribution in [2.45, 2.75) is 37.8 Å². The Balaban J connectivity index is 1.50. The molecule has 1 unspecified atom stereocenters. The van der Waals surface area contributed by atoms with Gasteiger partial charge >= 0.3 is 0 Å². The number of rotatable bonds is 5. The lowest BCUT2D eigenvalue weighted by Gasteiger charge is -2.31. The van der Waals surface area contributed by atoms with Crippen LogP contribution in [0.3, 0.4) is 0 Å². The first kappa shape index (κ1) is 16.3. The molecule has 0 aliphatic heterocycles. The Bertz CT molecular complexity index is 783. The second kappa shape index (κ2) is 6.64. The van der Waals surface area contributed by atoms with Crippen LogP contribution in [0.1, 0.15) is 46.1 Å². The minimum Gasteiger partial charge on any atom is -0.332 e. The summed E-state index contributed by atoms with van der Waals surface area (Å²) < 4.78 is 0. The zero-order valence-corrected chi connectivity index (χ0v) is 15.2. The van der Waals surface area contributed by atoms with Crippen molar-refractivity contribution >= 4 is 23.2 Å². The van der Waals surface area contributed by atoms with Gasteiger partial charge in [0.2, 0.25) is 5.91 Å². The van der Waals surface area contributed by atoms with E-state index in [1.54, 1.807) is 18.0 Å². The number of likely N-dealkylation sites (N-methyl/N-ethyl adjacent to an activating group) is 1. The van der Waals surface area contributed by atoms with Crippen LogP contribution in [-0.2, 0) is 11.2 Å². The molecule has 1 atom stereocenters. The summed E-state index contributed by atoms with van der Waals surface area (Å²) in [5.74, 6) is -0.0115. The van der Waals surface area contributed by atoms with Crippen molar-refractivity contribution < 1.29 is 9.59 Å². The van der Waals surface area contributed by atoms with Crippen LogP contribution in [0.2, 0.25) is 0 Å². The standard InChI is InChI=1S/C20H22N2O2S/c1-21(20(24)18-7-4-12-25-18)13-19(23)22(15-9-10-15)17-11-8-14-5-2-3-6-16(14)17/h2-7,12,15,17H,8-11,13H2,1H3. The van der Waals surface area contributed by atoms with Crippen molar-refractivity contribution in [3.05, 3.63) is 57.8 Å². The number of fused-ring (bicyclic) bond motifs is 1. The molecule has 0 radical (unpaired) electrons. The molecule has 1 heterocycles. The minimum atomic E-state index is -0.0779. The van der Waals surface area contributed by atoms with E-state index in [1.807, 2.05) is 11.4 Å². The van der Waals surface area contributed by atoms with Gasteiger partial charge in [0.05, 0.1) is 17.5 Å². The summed E-state index contributed by atoms with van der Waals surface area (Å²) in [5.41, 5.74) is 2.64. The van der Waals surface area contributed by atoms with Gasteiger partial charge in [0.1, 0.15) is 0 Å². The van der Waals surface area contributed by atoms with Crippen molar-refractivity contribution in [3.8, 4) is 0 Å². The number of benzene rings is 1. The molecule has 130 valence electrons. The average molecular weight is 354 g/mol. The van der Waals surface area contributed by atoms with Crippen LogP contribution in [0.5, 0.6) is 0 Å². The SMILES string of the molecule is CN(CC(=O)N(C1CC1)C1CCc2ccccc21)C(=O)c1cccs1. The smallest absolute Gasteiger partial charge is 0.264 e. The van der Waals surface area contributed by atoms with Gasteiger partial charge in [-0.25, -0.2) is 0 Å². The highest BCUT2D eigenvalue weighted by molar-refractivity contribution is 7.12. The Labute approximate surface area is 152 Å². The molecule has 4 rings (SSSR count). The number of hydrogen-bond donors (Lipinski definition) is 0. The monoisotopic (exact) mass is 354 g/mol. The average Bonchev–Trinajstić information content (AvgIpc) is 3.12. The van der Waals surface area contributed by atoms with E-state index in [1.165, 1.54) is 22.5 Å². The van der Waals surface area contributed by atoms with Crippen molar-refractivity contribution in [3.63, 3.8) is 0 Å². The molecule has 1 saturated carbocycles. The predicted octanol–water partition coefficient (Wildman–Crippen LogP) is 3.50. The lowest BCUT2D eigenvalue weighted by molar-refractivity contribution is -0.134. The molecule has 2 amide bonds. The highest BCUT2D eigenvalue weighted by Gasteiger charge is 2.40. The van der Waals surface area contributed by atoms with E-state index in [-0.39, 0.29) is 24.4 Å². The van der Waals surface area contributed by atoms with Gasteiger partial charge < -0.3 is 9.80 Å². The van der Waals surface area contributed by atoms with Gasteiger partial charge in [-0.05, 0) is 48.3 Å². The van der Waals surface area contributed by atoms with Crippen LogP contribution in [0, 0.1) is 0 Å². The third kappa shape index (κ3) is 3.21. The van der Waals surface area contributed by atoms with Crippen molar-refractivity contribution in [1.82, 2.24) is 9.80 Å². The van der Waals surface area contributed by atoms with Gasteiger partial charge in [-0.2, -0.15) is 0 Å². The first-order valence-electron chi connectivity index (χ1n) is 8.83. The van der Waals surface area contributed by atoms with Gasteiger partial charge in [-0.1, -0.05) is 30.3 Å². The van der Waals surface area contributed by atoms with E-state index in [4.69, 9.17) is 0 Å². The Kier molecular flexibility index (Phi) is 4.34. The second-order valence-electron chi connectivity index (χ2n) is 6.92. The largest absolute Gasteiger partial charge is 0.332 e. The summed E-state index contributed by atoms with van der Waals surface area (Å²) in [6.45, 7) is 0.145. The van der Waals surface area contributed by atoms with Gasteiger partial charge in [0.25, 0.3) is 5.91 Å². The molecule has 0 spiro atoms. The molecule has 25 heavy (non-hydrogen) atoms. The number of carbonyl (C=O) groups excluding carboxylic acids is 2. The molecule has 0 N–H and O–H groups in total. The highest BCUT2D eigenvalue weighted by atomic mass is 32.1. The van der Waals surface area contributed by atoms with Crippen LogP contribution in [-0.4, -0.2) is 41.2 Å². The van der Waals surface area contributed by atoms with Crippen LogP contribution >= 0.6 is 11.3 Å². The van der Waals surface area contributed by atoms with E-state index >= 15 is 0 Å². The van der Waals surface area contributed by atoms with Gasteiger partial charge in [-0.3, -0.25) is 9.59 Å². The maximum absolute atomic E-state index is 13.0. The Morgan fingerprint density at radius 3 is 2.64 bits per heavy atom. The maximum atomic E-state index is 13.0. The first-order valence-corrected chi connectivity index (χ1v) is 9.71. The van der Waals surface area contributed by atoms with Crippen LogP contribution in [0.15, 0.2) is 41.8 Å². The number of amides is 2. The van der Waals surface area contributed by atoms with Crippen LogP contribution in [0.4, 0.5) is 0 Å². The van der Waals surface area contributed by atoms with E-state index in [9.17, 15) is 9.59 Å². The molecule has 5 heteroatoms. The normalized spacial score (nSPS) is 18.7. The third-order valence-corrected chi connectivity index (χ3v) is 5.97. The third-order valence-electron chi connectivity index (χ3n) is 5.12. The van der Waals surface area contributed by atoms with Crippen LogP contribution < -0.4 is 0 Å². The number of thiophene rings is 1. The molecular weight excluding hydrogens is 332 g/mol.